The molecule has 3 amide bonds. The molecule has 0 aromatic carbocycles. The highest BCUT2D eigenvalue weighted by Gasteiger charge is 2.30. The summed E-state index contributed by atoms with van der Waals surface area (Å²) < 4.78 is 5.75. The Kier molecular flexibility index (Phi) is 2.36. The van der Waals surface area contributed by atoms with Gasteiger partial charge >= 0.3 is 6.03 Å². The first-order valence-corrected chi connectivity index (χ1v) is 4.93. The van der Waals surface area contributed by atoms with E-state index in [1.54, 1.807) is 12.1 Å². The lowest BCUT2D eigenvalue weighted by Gasteiger charge is -1.99. The van der Waals surface area contributed by atoms with Crippen LogP contribution < -0.4 is 5.32 Å². The Labute approximate surface area is 93.9 Å². The number of hydrogen-bond donors (Lipinski definition) is 1. The van der Waals surface area contributed by atoms with Gasteiger partial charge in [-0.05, 0) is 28.1 Å². The van der Waals surface area contributed by atoms with Gasteiger partial charge in [-0.2, -0.15) is 0 Å². The lowest BCUT2D eigenvalue weighted by atomic mass is 10.3. The maximum atomic E-state index is 11.4. The van der Waals surface area contributed by atoms with Gasteiger partial charge in [0.1, 0.15) is 11.5 Å². The molecule has 0 aliphatic carbocycles. The summed E-state index contributed by atoms with van der Waals surface area (Å²) in [6.07, 6.45) is 1.48. The number of hydrogen-bond acceptors (Lipinski definition) is 3. The average molecular weight is 271 g/mol. The molecule has 1 aliphatic heterocycles. The Hall–Kier alpha value is -1.56. The number of nitrogens with zero attached hydrogens (tertiary/aromatic N) is 1. The van der Waals surface area contributed by atoms with Crippen molar-refractivity contribution in [2.24, 2.45) is 0 Å². The van der Waals surface area contributed by atoms with E-state index in [1.165, 1.54) is 13.1 Å². The third-order valence-corrected chi connectivity index (χ3v) is 2.39. The maximum Gasteiger partial charge on any atom is 0.328 e. The first-order chi connectivity index (χ1) is 7.08. The number of rotatable bonds is 1. The molecule has 1 fully saturated rings. The van der Waals surface area contributed by atoms with Gasteiger partial charge in [-0.3, -0.25) is 9.69 Å². The zero-order chi connectivity index (χ0) is 11.0. The van der Waals surface area contributed by atoms with Crippen molar-refractivity contribution in [2.45, 2.75) is 0 Å². The van der Waals surface area contributed by atoms with Gasteiger partial charge in [0.15, 0.2) is 4.67 Å². The van der Waals surface area contributed by atoms with E-state index >= 15 is 0 Å². The molecule has 15 heavy (non-hydrogen) atoms. The minimum absolute atomic E-state index is 0.212. The van der Waals surface area contributed by atoms with Crippen molar-refractivity contribution < 1.29 is 14.0 Å². The van der Waals surface area contributed by atoms with Crippen molar-refractivity contribution in [1.29, 1.82) is 0 Å². The number of imide groups is 1. The van der Waals surface area contributed by atoms with Gasteiger partial charge in [0, 0.05) is 13.1 Å². The second-order valence-corrected chi connectivity index (χ2v) is 3.78. The van der Waals surface area contributed by atoms with Crippen LogP contribution in [0.15, 0.2) is 26.9 Å². The number of carbonyl (C=O) groups is 2. The van der Waals surface area contributed by atoms with Crippen LogP contribution >= 0.6 is 15.9 Å². The molecule has 0 bridgehead atoms. The normalized spacial score (nSPS) is 18.8. The molecule has 0 atom stereocenters. The number of likely N-dealkylation sites (N-methyl/N-ethyl adjacent to an activating group) is 1. The van der Waals surface area contributed by atoms with E-state index in [1.807, 2.05) is 0 Å². The molecule has 0 unspecified atom stereocenters. The molecule has 1 aliphatic rings. The summed E-state index contributed by atoms with van der Waals surface area (Å²) in [4.78, 5) is 23.6. The fourth-order valence-corrected chi connectivity index (χ4v) is 1.49. The van der Waals surface area contributed by atoms with E-state index in [4.69, 9.17) is 4.42 Å². The molecule has 78 valence electrons. The van der Waals surface area contributed by atoms with Crippen molar-refractivity contribution in [3.8, 4) is 0 Å². The summed E-state index contributed by atoms with van der Waals surface area (Å²) in [5.41, 5.74) is 0.212. The van der Waals surface area contributed by atoms with E-state index in [-0.39, 0.29) is 11.6 Å². The molecule has 1 aromatic heterocycles. The average Bonchev–Trinajstić information content (AvgIpc) is 2.68. The van der Waals surface area contributed by atoms with Crippen LogP contribution in [-0.4, -0.2) is 23.9 Å². The van der Waals surface area contributed by atoms with Crippen LogP contribution in [0.2, 0.25) is 0 Å². The summed E-state index contributed by atoms with van der Waals surface area (Å²) in [5, 5.41) is 2.43. The fraction of sp³-hybridized carbons (Fsp3) is 0.111. The molecule has 5 nitrogen and oxygen atoms in total. The molecule has 1 saturated heterocycles. The number of furan rings is 1. The lowest BCUT2D eigenvalue weighted by Crippen LogP contribution is -2.25. The predicted molar refractivity (Wildman–Crippen MR) is 55.7 cm³/mol. The predicted octanol–water partition coefficient (Wildman–Crippen LogP) is 1.56. The third kappa shape index (κ3) is 1.80. The molecule has 0 radical (unpaired) electrons. The Balaban J connectivity index is 2.29. The highest BCUT2D eigenvalue weighted by molar-refractivity contribution is 9.10. The van der Waals surface area contributed by atoms with Gasteiger partial charge in [0.25, 0.3) is 5.91 Å². The monoisotopic (exact) mass is 270 g/mol. The summed E-state index contributed by atoms with van der Waals surface area (Å²) in [5.74, 6) is 0.133. The van der Waals surface area contributed by atoms with Crippen molar-refractivity contribution in [3.05, 3.63) is 28.3 Å². The largest absolute Gasteiger partial charge is 0.450 e. The molecular weight excluding hydrogens is 264 g/mol. The van der Waals surface area contributed by atoms with Gasteiger partial charge in [-0.15, -0.1) is 0 Å². The zero-order valence-electron chi connectivity index (χ0n) is 7.78. The zero-order valence-corrected chi connectivity index (χ0v) is 9.37. The number of nitrogens with one attached hydrogen (secondary N) is 1. The Bertz CT molecular complexity index is 464. The molecule has 2 rings (SSSR count). The number of carbonyl (C=O) groups excluding carboxylic acids is 2. The van der Waals surface area contributed by atoms with Crippen LogP contribution in [0.5, 0.6) is 0 Å². The van der Waals surface area contributed by atoms with E-state index in [9.17, 15) is 9.59 Å². The summed E-state index contributed by atoms with van der Waals surface area (Å²) in [7, 11) is 1.41. The van der Waals surface area contributed by atoms with Crippen LogP contribution in [0.25, 0.3) is 6.08 Å². The van der Waals surface area contributed by atoms with Gasteiger partial charge < -0.3 is 9.73 Å². The molecule has 0 spiro atoms. The van der Waals surface area contributed by atoms with Crippen molar-refractivity contribution in [2.75, 3.05) is 7.05 Å². The van der Waals surface area contributed by atoms with Crippen molar-refractivity contribution in [1.82, 2.24) is 10.2 Å². The van der Waals surface area contributed by atoms with Gasteiger partial charge in [0.2, 0.25) is 0 Å². The molecule has 2 heterocycles. The van der Waals surface area contributed by atoms with Crippen LogP contribution in [0.1, 0.15) is 5.76 Å². The van der Waals surface area contributed by atoms with Gasteiger partial charge in [0.05, 0.1) is 0 Å². The molecule has 1 aromatic rings. The first kappa shape index (κ1) is 9.97. The second kappa shape index (κ2) is 3.54. The summed E-state index contributed by atoms with van der Waals surface area (Å²) >= 11 is 3.14. The van der Waals surface area contributed by atoms with Gasteiger partial charge in [-0.1, -0.05) is 0 Å². The minimum atomic E-state index is -0.433. The van der Waals surface area contributed by atoms with Gasteiger partial charge in [-0.25, -0.2) is 4.79 Å². The van der Waals surface area contributed by atoms with E-state index in [0.717, 1.165) is 4.90 Å². The van der Waals surface area contributed by atoms with Crippen LogP contribution in [0.4, 0.5) is 4.79 Å². The number of urea groups is 1. The topological polar surface area (TPSA) is 62.6 Å². The first-order valence-electron chi connectivity index (χ1n) is 4.14. The maximum absolute atomic E-state index is 11.4. The van der Waals surface area contributed by atoms with Crippen LogP contribution in [0, 0.1) is 0 Å². The van der Waals surface area contributed by atoms with E-state index < -0.39 is 6.03 Å². The Morgan fingerprint density at radius 3 is 2.67 bits per heavy atom. The lowest BCUT2D eigenvalue weighted by molar-refractivity contribution is -0.121. The quantitative estimate of drug-likeness (QED) is 0.622. The SMILES string of the molecule is CN1C(=O)N/C(=C/c2ccc(Br)o2)C1=O. The highest BCUT2D eigenvalue weighted by atomic mass is 79.9. The summed E-state index contributed by atoms with van der Waals surface area (Å²) in [6.45, 7) is 0. The molecule has 6 heteroatoms. The second-order valence-electron chi connectivity index (χ2n) is 2.99. The Morgan fingerprint density at radius 1 is 1.47 bits per heavy atom. The molecule has 1 N–H and O–H groups in total. The summed E-state index contributed by atoms with van der Waals surface area (Å²) in [6, 6.07) is 2.96. The minimum Gasteiger partial charge on any atom is -0.450 e. The van der Waals surface area contributed by atoms with E-state index in [0.29, 0.717) is 10.4 Å². The van der Waals surface area contributed by atoms with Crippen molar-refractivity contribution >= 4 is 33.9 Å². The fourth-order valence-electron chi connectivity index (χ4n) is 1.17. The number of halogens is 1. The van der Waals surface area contributed by atoms with Crippen LogP contribution in [-0.2, 0) is 4.79 Å². The number of amides is 3. The highest BCUT2D eigenvalue weighted by Crippen LogP contribution is 2.18. The molecule has 0 saturated carbocycles. The Morgan fingerprint density at radius 2 is 2.20 bits per heavy atom. The third-order valence-electron chi connectivity index (χ3n) is 1.96. The standard InChI is InChI=1S/C9H7BrN2O3/c1-12-8(13)6(11-9(12)14)4-5-2-3-7(10)15-5/h2-4H,1H3,(H,11,14)/b6-4+. The van der Waals surface area contributed by atoms with Crippen molar-refractivity contribution in [3.63, 3.8) is 0 Å². The van der Waals surface area contributed by atoms with E-state index in [2.05, 4.69) is 21.2 Å². The smallest absolute Gasteiger partial charge is 0.328 e. The van der Waals surface area contributed by atoms with Crippen LogP contribution in [0.3, 0.4) is 0 Å². The molecular formula is C9H7BrN2O3.